The van der Waals surface area contributed by atoms with Crippen LogP contribution in [0, 0.1) is 13.8 Å². The number of aryl methyl sites for hydroxylation is 2. The third-order valence-electron chi connectivity index (χ3n) is 5.37. The first-order valence-electron chi connectivity index (χ1n) is 11.8. The third kappa shape index (κ3) is 7.44. The minimum absolute atomic E-state index is 0.105. The first-order valence-corrected chi connectivity index (χ1v) is 12.8. The average Bonchev–Trinajstić information content (AvgIpc) is 3.33. The second kappa shape index (κ2) is 12.6. The molecule has 4 rings (SSSR count). The van der Waals surface area contributed by atoms with Crippen LogP contribution in [0.4, 0.5) is 11.5 Å². The number of hydrogen-bond donors (Lipinski definition) is 3. The highest BCUT2D eigenvalue weighted by atomic mass is 32.2. The van der Waals surface area contributed by atoms with E-state index in [1.165, 1.54) is 11.8 Å². The highest BCUT2D eigenvalue weighted by Gasteiger charge is 2.16. The fourth-order valence-electron chi connectivity index (χ4n) is 3.46. The Balaban J connectivity index is 1.46. The zero-order chi connectivity index (χ0) is 26.9. The van der Waals surface area contributed by atoms with Gasteiger partial charge in [-0.15, -0.1) is 11.8 Å². The summed E-state index contributed by atoms with van der Waals surface area (Å²) < 4.78 is 4.95. The molecule has 0 saturated heterocycles. The van der Waals surface area contributed by atoms with Crippen LogP contribution in [-0.4, -0.2) is 28.6 Å². The minimum Gasteiger partial charge on any atom is -0.360 e. The van der Waals surface area contributed by atoms with Crippen LogP contribution in [0.2, 0.25) is 0 Å². The Kier molecular flexibility index (Phi) is 8.73. The van der Waals surface area contributed by atoms with Crippen molar-refractivity contribution in [2.24, 2.45) is 0 Å². The molecule has 0 aliphatic rings. The van der Waals surface area contributed by atoms with E-state index in [4.69, 9.17) is 4.52 Å². The van der Waals surface area contributed by atoms with E-state index in [9.17, 15) is 14.4 Å². The summed E-state index contributed by atoms with van der Waals surface area (Å²) in [5.74, 6) is 0.0168. The third-order valence-corrected chi connectivity index (χ3v) is 6.37. The van der Waals surface area contributed by atoms with Gasteiger partial charge in [-0.05, 0) is 61.4 Å². The van der Waals surface area contributed by atoms with Gasteiger partial charge in [0.15, 0.2) is 5.82 Å². The average molecular weight is 527 g/mol. The van der Waals surface area contributed by atoms with Crippen LogP contribution in [-0.2, 0) is 9.59 Å². The van der Waals surface area contributed by atoms with E-state index < -0.39 is 11.8 Å². The molecule has 0 fully saturated rings. The number of nitrogens with zero attached hydrogens (tertiary/aromatic N) is 1. The molecule has 192 valence electrons. The lowest BCUT2D eigenvalue weighted by Gasteiger charge is -2.13. The molecule has 3 aromatic carbocycles. The summed E-state index contributed by atoms with van der Waals surface area (Å²) in [5.41, 5.74) is 2.84. The monoisotopic (exact) mass is 526 g/mol. The molecule has 0 bridgehead atoms. The summed E-state index contributed by atoms with van der Waals surface area (Å²) in [6.07, 6.45) is 1.65. The molecule has 0 saturated carbocycles. The molecule has 8 nitrogen and oxygen atoms in total. The summed E-state index contributed by atoms with van der Waals surface area (Å²) in [4.78, 5) is 39.2. The van der Waals surface area contributed by atoms with Gasteiger partial charge in [-0.25, -0.2) is 0 Å². The van der Waals surface area contributed by atoms with Crippen molar-refractivity contribution < 1.29 is 18.9 Å². The van der Waals surface area contributed by atoms with Crippen molar-refractivity contribution in [3.05, 3.63) is 113 Å². The zero-order valence-electron chi connectivity index (χ0n) is 20.9. The van der Waals surface area contributed by atoms with Gasteiger partial charge in [0.05, 0.1) is 5.75 Å². The molecule has 3 amide bonds. The number of benzene rings is 3. The van der Waals surface area contributed by atoms with Gasteiger partial charge in [0, 0.05) is 22.2 Å². The number of amides is 3. The topological polar surface area (TPSA) is 113 Å². The first kappa shape index (κ1) is 26.4. The van der Waals surface area contributed by atoms with Crippen molar-refractivity contribution in [3.8, 4) is 0 Å². The summed E-state index contributed by atoms with van der Waals surface area (Å²) in [6, 6.07) is 25.0. The van der Waals surface area contributed by atoms with Gasteiger partial charge in [0.2, 0.25) is 5.91 Å². The van der Waals surface area contributed by atoms with Gasteiger partial charge < -0.3 is 20.5 Å². The lowest BCUT2D eigenvalue weighted by Crippen LogP contribution is -2.30. The van der Waals surface area contributed by atoms with Gasteiger partial charge >= 0.3 is 0 Å². The molecule has 0 aliphatic carbocycles. The van der Waals surface area contributed by atoms with Gasteiger partial charge in [-0.2, -0.15) is 0 Å². The highest BCUT2D eigenvalue weighted by molar-refractivity contribution is 8.00. The molecule has 0 radical (unpaired) electrons. The molecule has 0 spiro atoms. The number of carbonyl (C=O) groups excluding carboxylic acids is 3. The number of anilines is 2. The van der Waals surface area contributed by atoms with Crippen LogP contribution in [0.15, 0.2) is 100 Å². The molecule has 3 N–H and O–H groups in total. The molecular formula is C29H26N4O4S. The molecule has 4 aromatic rings. The van der Waals surface area contributed by atoms with Crippen molar-refractivity contribution in [2.45, 2.75) is 18.7 Å². The predicted octanol–water partition coefficient (Wildman–Crippen LogP) is 5.43. The molecule has 0 atom stereocenters. The molecule has 9 heteroatoms. The number of thioether (sulfide) groups is 1. The lowest BCUT2D eigenvalue weighted by molar-refractivity contribution is -0.114. The smallest absolute Gasteiger partial charge is 0.272 e. The number of carbonyl (C=O) groups is 3. The standard InChI is InChI=1S/C29H26N4O4S/c1-19-9-6-7-12-22(19)16-25(31-28(35)21-10-4-3-5-11-21)29(36)30-23-13-8-14-24(17-23)38-18-27(34)32-26-15-20(2)37-33-26/h3-17H,18H2,1-2H3,(H,30,36)(H,31,35)(H,32,33,34)/b25-16-. The fourth-order valence-corrected chi connectivity index (χ4v) is 4.22. The van der Waals surface area contributed by atoms with E-state index in [1.807, 2.05) is 43.3 Å². The lowest BCUT2D eigenvalue weighted by atomic mass is 10.1. The number of nitrogens with one attached hydrogen (secondary N) is 3. The first-order chi connectivity index (χ1) is 18.4. The van der Waals surface area contributed by atoms with E-state index in [2.05, 4.69) is 21.1 Å². The Morgan fingerprint density at radius 1 is 0.895 bits per heavy atom. The Bertz CT molecular complexity index is 1480. The number of hydrogen-bond acceptors (Lipinski definition) is 6. The minimum atomic E-state index is -0.473. The van der Waals surface area contributed by atoms with E-state index in [0.29, 0.717) is 22.8 Å². The maximum atomic E-state index is 13.3. The SMILES string of the molecule is Cc1cc(NC(=O)CSc2cccc(NC(=O)/C(=C/c3ccccc3C)NC(=O)c3ccccc3)c2)no1. The van der Waals surface area contributed by atoms with Crippen molar-refractivity contribution in [2.75, 3.05) is 16.4 Å². The summed E-state index contributed by atoms with van der Waals surface area (Å²) in [5, 5.41) is 12.0. The molecular weight excluding hydrogens is 500 g/mol. The quantitative estimate of drug-likeness (QED) is 0.198. The Labute approximate surface area is 224 Å². The van der Waals surface area contributed by atoms with E-state index >= 15 is 0 Å². The van der Waals surface area contributed by atoms with Crippen LogP contribution in [0.5, 0.6) is 0 Å². The Hall–Kier alpha value is -4.63. The number of rotatable bonds is 9. The van der Waals surface area contributed by atoms with Crippen LogP contribution in [0.25, 0.3) is 6.08 Å². The van der Waals surface area contributed by atoms with Crippen LogP contribution in [0.3, 0.4) is 0 Å². The van der Waals surface area contributed by atoms with E-state index in [0.717, 1.165) is 16.0 Å². The molecule has 38 heavy (non-hydrogen) atoms. The molecule has 1 heterocycles. The Morgan fingerprint density at radius 3 is 2.39 bits per heavy atom. The van der Waals surface area contributed by atoms with Crippen molar-refractivity contribution in [3.63, 3.8) is 0 Å². The maximum Gasteiger partial charge on any atom is 0.272 e. The van der Waals surface area contributed by atoms with Gasteiger partial charge in [0.25, 0.3) is 11.8 Å². The van der Waals surface area contributed by atoms with Crippen LogP contribution in [0.1, 0.15) is 27.2 Å². The van der Waals surface area contributed by atoms with Crippen LogP contribution >= 0.6 is 11.8 Å². The molecule has 1 aromatic heterocycles. The summed E-state index contributed by atoms with van der Waals surface area (Å²) in [7, 11) is 0. The van der Waals surface area contributed by atoms with Gasteiger partial charge in [-0.3, -0.25) is 14.4 Å². The molecule has 0 unspecified atom stereocenters. The number of aromatic nitrogens is 1. The fraction of sp³-hybridized carbons (Fsp3) is 0.103. The second-order valence-electron chi connectivity index (χ2n) is 8.38. The predicted molar refractivity (Wildman–Crippen MR) is 149 cm³/mol. The van der Waals surface area contributed by atoms with E-state index in [1.54, 1.807) is 61.5 Å². The second-order valence-corrected chi connectivity index (χ2v) is 9.43. The van der Waals surface area contributed by atoms with Crippen molar-refractivity contribution in [1.82, 2.24) is 10.5 Å². The van der Waals surface area contributed by atoms with E-state index in [-0.39, 0.29) is 17.4 Å². The normalized spacial score (nSPS) is 11.1. The van der Waals surface area contributed by atoms with Gasteiger partial charge in [0.1, 0.15) is 11.5 Å². The van der Waals surface area contributed by atoms with Crippen molar-refractivity contribution in [1.29, 1.82) is 0 Å². The highest BCUT2D eigenvalue weighted by Crippen LogP contribution is 2.23. The maximum absolute atomic E-state index is 13.3. The van der Waals surface area contributed by atoms with Gasteiger partial charge in [-0.1, -0.05) is 53.7 Å². The van der Waals surface area contributed by atoms with Crippen LogP contribution < -0.4 is 16.0 Å². The molecule has 0 aliphatic heterocycles. The largest absolute Gasteiger partial charge is 0.360 e. The summed E-state index contributed by atoms with van der Waals surface area (Å²) in [6.45, 7) is 3.67. The summed E-state index contributed by atoms with van der Waals surface area (Å²) >= 11 is 1.31. The van der Waals surface area contributed by atoms with Crippen molar-refractivity contribution >= 4 is 47.1 Å². The zero-order valence-corrected chi connectivity index (χ0v) is 21.7. The Morgan fingerprint density at radius 2 is 1.66 bits per heavy atom.